The van der Waals surface area contributed by atoms with Gasteiger partial charge in [0.1, 0.15) is 0 Å². The molecule has 1 aromatic heterocycles. The fourth-order valence-electron chi connectivity index (χ4n) is 2.15. The van der Waals surface area contributed by atoms with E-state index >= 15 is 0 Å². The first kappa shape index (κ1) is 16.2. The summed E-state index contributed by atoms with van der Waals surface area (Å²) in [7, 11) is -1.82. The molecule has 1 aromatic rings. The summed E-state index contributed by atoms with van der Waals surface area (Å²) in [6, 6.07) is 1.81. The number of carboxylic acid groups (broad SMARTS) is 1. The normalized spacial score (nSPS) is 17.0. The van der Waals surface area contributed by atoms with E-state index in [2.05, 4.69) is 0 Å². The Morgan fingerprint density at radius 3 is 2.76 bits per heavy atom. The van der Waals surface area contributed by atoms with Crippen LogP contribution in [0.3, 0.4) is 0 Å². The SMILES string of the molecule is CN(Cc1cc(C=CC(=O)O)cs1)S(=O)(=O)N1CCCC1. The predicted molar refractivity (Wildman–Crippen MR) is 82.2 cm³/mol. The van der Waals surface area contributed by atoms with E-state index in [0.29, 0.717) is 19.6 Å². The maximum Gasteiger partial charge on any atom is 0.328 e. The van der Waals surface area contributed by atoms with E-state index in [1.165, 1.54) is 26.0 Å². The maximum atomic E-state index is 12.3. The monoisotopic (exact) mass is 330 g/mol. The molecule has 1 aliphatic rings. The average Bonchev–Trinajstić information content (AvgIpc) is 3.07. The Morgan fingerprint density at radius 1 is 1.48 bits per heavy atom. The minimum Gasteiger partial charge on any atom is -0.478 e. The summed E-state index contributed by atoms with van der Waals surface area (Å²) in [4.78, 5) is 11.3. The number of hydrogen-bond donors (Lipinski definition) is 1. The number of carbonyl (C=O) groups is 1. The highest BCUT2D eigenvalue weighted by Gasteiger charge is 2.29. The molecule has 6 nitrogen and oxygen atoms in total. The zero-order valence-electron chi connectivity index (χ0n) is 11.7. The minimum atomic E-state index is -3.39. The Hall–Kier alpha value is -1.22. The minimum absolute atomic E-state index is 0.296. The highest BCUT2D eigenvalue weighted by molar-refractivity contribution is 7.86. The summed E-state index contributed by atoms with van der Waals surface area (Å²) >= 11 is 1.42. The third-order valence-electron chi connectivity index (χ3n) is 3.26. The molecule has 1 aliphatic heterocycles. The van der Waals surface area contributed by atoms with E-state index in [1.807, 2.05) is 5.38 Å². The lowest BCUT2D eigenvalue weighted by molar-refractivity contribution is -0.131. The van der Waals surface area contributed by atoms with Gasteiger partial charge in [-0.1, -0.05) is 0 Å². The van der Waals surface area contributed by atoms with Crippen molar-refractivity contribution in [3.05, 3.63) is 28.0 Å². The maximum absolute atomic E-state index is 12.3. The molecule has 0 atom stereocenters. The van der Waals surface area contributed by atoms with Crippen molar-refractivity contribution in [3.8, 4) is 0 Å². The van der Waals surface area contributed by atoms with E-state index < -0.39 is 16.2 Å². The smallest absolute Gasteiger partial charge is 0.328 e. The molecule has 0 aromatic carbocycles. The molecule has 21 heavy (non-hydrogen) atoms. The fourth-order valence-corrected chi connectivity index (χ4v) is 4.56. The summed E-state index contributed by atoms with van der Waals surface area (Å²) in [6.45, 7) is 1.47. The topological polar surface area (TPSA) is 77.9 Å². The zero-order valence-corrected chi connectivity index (χ0v) is 13.4. The molecular weight excluding hydrogens is 312 g/mol. The van der Waals surface area contributed by atoms with Crippen LogP contribution in [0.2, 0.25) is 0 Å². The van der Waals surface area contributed by atoms with Crippen LogP contribution in [0.5, 0.6) is 0 Å². The van der Waals surface area contributed by atoms with Crippen molar-refractivity contribution in [2.24, 2.45) is 0 Å². The molecule has 2 heterocycles. The van der Waals surface area contributed by atoms with Gasteiger partial charge in [-0.2, -0.15) is 17.0 Å². The molecule has 1 N–H and O–H groups in total. The summed E-state index contributed by atoms with van der Waals surface area (Å²) in [5.41, 5.74) is 0.768. The van der Waals surface area contributed by atoms with Crippen LogP contribution in [0.1, 0.15) is 23.3 Å². The predicted octanol–water partition coefficient (Wildman–Crippen LogP) is 1.62. The second-order valence-corrected chi connectivity index (χ2v) is 7.92. The number of carboxylic acids is 1. The Labute approximate surface area is 128 Å². The van der Waals surface area contributed by atoms with E-state index in [1.54, 1.807) is 13.1 Å². The van der Waals surface area contributed by atoms with Crippen molar-refractivity contribution in [3.63, 3.8) is 0 Å². The van der Waals surface area contributed by atoms with E-state index in [0.717, 1.165) is 29.4 Å². The van der Waals surface area contributed by atoms with Crippen LogP contribution in [-0.4, -0.2) is 48.2 Å². The third kappa shape index (κ3) is 4.13. The van der Waals surface area contributed by atoms with Crippen molar-refractivity contribution in [2.75, 3.05) is 20.1 Å². The molecule has 2 rings (SSSR count). The second-order valence-electron chi connectivity index (χ2n) is 4.89. The molecule has 1 saturated heterocycles. The fraction of sp³-hybridized carbons (Fsp3) is 0.462. The van der Waals surface area contributed by atoms with Crippen LogP contribution < -0.4 is 0 Å². The third-order valence-corrected chi connectivity index (χ3v) is 6.13. The highest BCUT2D eigenvalue weighted by Crippen LogP contribution is 2.21. The molecule has 0 bridgehead atoms. The molecule has 1 fully saturated rings. The van der Waals surface area contributed by atoms with E-state index in [4.69, 9.17) is 5.11 Å². The summed E-state index contributed by atoms with van der Waals surface area (Å²) < 4.78 is 27.5. The Morgan fingerprint density at radius 2 is 2.14 bits per heavy atom. The number of aliphatic carboxylic acids is 1. The van der Waals surface area contributed by atoms with Gasteiger partial charge in [0.25, 0.3) is 10.2 Å². The Balaban J connectivity index is 2.02. The van der Waals surface area contributed by atoms with E-state index in [-0.39, 0.29) is 0 Å². The Kier molecular flexibility index (Phi) is 5.15. The van der Waals surface area contributed by atoms with Crippen LogP contribution in [0.4, 0.5) is 0 Å². The molecule has 0 aliphatic carbocycles. The van der Waals surface area contributed by atoms with Crippen molar-refractivity contribution >= 4 is 33.6 Å². The van der Waals surface area contributed by atoms with Crippen LogP contribution in [0, 0.1) is 0 Å². The van der Waals surface area contributed by atoms with Gasteiger partial charge >= 0.3 is 5.97 Å². The summed E-state index contributed by atoms with van der Waals surface area (Å²) in [6.07, 6.45) is 4.39. The van der Waals surface area contributed by atoms with Crippen molar-refractivity contribution in [1.82, 2.24) is 8.61 Å². The van der Waals surface area contributed by atoms with Gasteiger partial charge in [-0.3, -0.25) is 0 Å². The standard InChI is InChI=1S/C13H18N2O4S2/c1-14(21(18,19)15-6-2-3-7-15)9-12-8-11(10-20-12)4-5-13(16)17/h4-5,8,10H,2-3,6-7,9H2,1H3,(H,16,17). The van der Waals surface area contributed by atoms with E-state index in [9.17, 15) is 13.2 Å². The number of nitrogens with zero attached hydrogens (tertiary/aromatic N) is 2. The molecule has 116 valence electrons. The van der Waals surface area contributed by atoms with Gasteiger partial charge in [0, 0.05) is 37.6 Å². The lowest BCUT2D eigenvalue weighted by Gasteiger charge is -2.23. The molecule has 0 spiro atoms. The van der Waals surface area contributed by atoms with Gasteiger partial charge in [-0.25, -0.2) is 4.79 Å². The molecule has 0 radical (unpaired) electrons. The lowest BCUT2D eigenvalue weighted by Crippen LogP contribution is -2.39. The van der Waals surface area contributed by atoms with Gasteiger partial charge < -0.3 is 5.11 Å². The summed E-state index contributed by atoms with van der Waals surface area (Å²) in [5.74, 6) is -1.00. The first-order valence-electron chi connectivity index (χ1n) is 6.59. The van der Waals surface area contributed by atoms with Crippen LogP contribution in [0.15, 0.2) is 17.5 Å². The molecule has 8 heteroatoms. The first-order valence-corrected chi connectivity index (χ1v) is 8.87. The summed E-state index contributed by atoms with van der Waals surface area (Å²) in [5, 5.41) is 10.4. The number of rotatable bonds is 6. The van der Waals surface area contributed by atoms with Gasteiger partial charge in [-0.05, 0) is 35.9 Å². The first-order chi connectivity index (χ1) is 9.89. The zero-order chi connectivity index (χ0) is 15.5. The van der Waals surface area contributed by atoms with Gasteiger partial charge in [0.15, 0.2) is 0 Å². The molecule has 0 amide bonds. The second kappa shape index (κ2) is 6.69. The molecule has 0 unspecified atom stereocenters. The van der Waals surface area contributed by atoms with Gasteiger partial charge in [0.2, 0.25) is 0 Å². The molecular formula is C13H18N2O4S2. The van der Waals surface area contributed by atoms with Crippen molar-refractivity contribution < 1.29 is 18.3 Å². The lowest BCUT2D eigenvalue weighted by atomic mass is 10.3. The quantitative estimate of drug-likeness (QED) is 0.804. The van der Waals surface area contributed by atoms with Crippen LogP contribution in [0.25, 0.3) is 6.08 Å². The van der Waals surface area contributed by atoms with Crippen LogP contribution >= 0.6 is 11.3 Å². The molecule has 0 saturated carbocycles. The van der Waals surface area contributed by atoms with Gasteiger partial charge in [0.05, 0.1) is 0 Å². The van der Waals surface area contributed by atoms with Gasteiger partial charge in [-0.15, -0.1) is 11.3 Å². The number of hydrogen-bond acceptors (Lipinski definition) is 4. The highest BCUT2D eigenvalue weighted by atomic mass is 32.2. The Bertz CT molecular complexity index is 630. The number of thiophene rings is 1. The average molecular weight is 330 g/mol. The van der Waals surface area contributed by atoms with Crippen LogP contribution in [-0.2, 0) is 21.5 Å². The van der Waals surface area contributed by atoms with Crippen molar-refractivity contribution in [2.45, 2.75) is 19.4 Å². The largest absolute Gasteiger partial charge is 0.478 e. The van der Waals surface area contributed by atoms with Crippen molar-refractivity contribution in [1.29, 1.82) is 0 Å².